The van der Waals surface area contributed by atoms with Crippen LogP contribution in [0.25, 0.3) is 33.4 Å². The average Bonchev–Trinajstić information content (AvgIpc) is 4.00. The number of rotatable bonds is 15. The first kappa shape index (κ1) is 48.7. The number of sulfonamides is 3. The highest BCUT2D eigenvalue weighted by Crippen LogP contribution is 2.41. The van der Waals surface area contributed by atoms with E-state index in [-0.39, 0.29) is 25.3 Å². The van der Waals surface area contributed by atoms with Crippen LogP contribution in [0.1, 0.15) is 9.75 Å². The van der Waals surface area contributed by atoms with Crippen LogP contribution in [0.15, 0.2) is 205 Å². The lowest BCUT2D eigenvalue weighted by molar-refractivity contribution is 0.584. The van der Waals surface area contributed by atoms with Crippen molar-refractivity contribution in [3.8, 4) is 33.4 Å². The molecule has 2 aromatic heterocycles. The average molecular weight is 1020 g/mol. The Bertz CT molecular complexity index is 3240. The van der Waals surface area contributed by atoms with E-state index in [1.807, 2.05) is 97.3 Å². The Morgan fingerprint density at radius 2 is 0.985 bits per heavy atom. The highest BCUT2D eigenvalue weighted by atomic mass is 32.3. The fourth-order valence-electron chi connectivity index (χ4n) is 6.61. The number of thiophene rings is 2. The van der Waals surface area contributed by atoms with Gasteiger partial charge in [-0.15, -0.1) is 34.4 Å². The Labute approximate surface area is 407 Å². The van der Waals surface area contributed by atoms with Gasteiger partial charge in [-0.05, 0) is 100 Å². The van der Waals surface area contributed by atoms with Gasteiger partial charge in [0.2, 0.25) is 0 Å². The Hall–Kier alpha value is -6.19. The highest BCUT2D eigenvalue weighted by Gasteiger charge is 2.40. The summed E-state index contributed by atoms with van der Waals surface area (Å²) in [5, 5.41) is 9.79. The van der Waals surface area contributed by atoms with E-state index in [1.165, 1.54) is 65.4 Å². The van der Waals surface area contributed by atoms with Crippen molar-refractivity contribution in [2.24, 2.45) is 15.9 Å². The van der Waals surface area contributed by atoms with Crippen LogP contribution in [-0.2, 0) is 30.1 Å². The first-order valence-electron chi connectivity index (χ1n) is 19.9. The Kier molecular flexibility index (Phi) is 15.4. The smallest absolute Gasteiger partial charge is 0.277 e. The fourth-order valence-corrected chi connectivity index (χ4v) is 14.2. The first-order chi connectivity index (χ1) is 32.1. The van der Waals surface area contributed by atoms with Gasteiger partial charge in [0.25, 0.3) is 30.1 Å². The maximum atomic E-state index is 14.2. The number of hydrogen-bond acceptors (Lipinski definition) is 12. The standard InChI is InChI=1S/C30H25N3O4S4.C18H17N3O2S3/c1-38-28-20-27(29(39-28)30(31)32)33(40(34,35)25-16-12-23(13-17-25)21-8-4-2-5-9-21)41(36,37)26-18-14-24(15-19-26)22-10-6-3-7-11-22;1-24-20-18(19)17-11-15(12-25-17)21-26(22,23)16-9-7-14(8-10-16)13-5-3-2-4-6-13/h2-20H,1H3,(H3,31,32);2-12,21H,1H3,(H2,19,20). The van der Waals surface area contributed by atoms with Gasteiger partial charge in [-0.1, -0.05) is 127 Å². The van der Waals surface area contributed by atoms with Gasteiger partial charge in [0.15, 0.2) is 0 Å². The molecule has 12 nitrogen and oxygen atoms in total. The predicted octanol–water partition coefficient (Wildman–Crippen LogP) is 10.9. The van der Waals surface area contributed by atoms with Gasteiger partial charge < -0.3 is 11.5 Å². The molecule has 8 rings (SSSR count). The number of thioether (sulfide) groups is 1. The molecule has 0 spiro atoms. The molecule has 0 atom stereocenters. The molecule has 2 heterocycles. The minimum atomic E-state index is -4.68. The minimum absolute atomic E-state index is 0.0447. The number of hydrogen-bond donors (Lipinski definition) is 4. The molecule has 6 aromatic carbocycles. The van der Waals surface area contributed by atoms with Crippen molar-refractivity contribution < 1.29 is 25.3 Å². The predicted molar refractivity (Wildman–Crippen MR) is 279 cm³/mol. The second kappa shape index (κ2) is 21.2. The third-order valence-electron chi connectivity index (χ3n) is 9.85. The van der Waals surface area contributed by atoms with Gasteiger partial charge in [0.05, 0.1) is 40.0 Å². The van der Waals surface area contributed by atoms with E-state index in [4.69, 9.17) is 16.9 Å². The monoisotopic (exact) mass is 1020 g/mol. The summed E-state index contributed by atoms with van der Waals surface area (Å²) in [4.78, 5) is 0.539. The summed E-state index contributed by atoms with van der Waals surface area (Å²) in [5.41, 5.74) is 17.3. The lowest BCUT2D eigenvalue weighted by atomic mass is 10.1. The van der Waals surface area contributed by atoms with E-state index in [2.05, 4.69) is 9.12 Å². The van der Waals surface area contributed by atoms with E-state index in [1.54, 1.807) is 66.2 Å². The SMILES string of the molecule is CSN=C(N)c1cc(NS(=O)(=O)c2ccc(-c3ccccc3)cc2)cs1.CSc1cc(N(S(=O)(=O)c2ccc(-c3ccccc3)cc2)S(=O)(=O)c2ccc(-c3ccccc3)cc2)c(C(=N)N)s1. The second-order valence-electron chi connectivity index (χ2n) is 14.2. The maximum absolute atomic E-state index is 14.2. The zero-order valence-corrected chi connectivity index (χ0v) is 41.4. The number of benzene rings is 6. The van der Waals surface area contributed by atoms with Crippen molar-refractivity contribution in [2.75, 3.05) is 20.9 Å². The van der Waals surface area contributed by atoms with Gasteiger partial charge in [-0.25, -0.2) is 25.3 Å². The van der Waals surface area contributed by atoms with Crippen LogP contribution in [0, 0.1) is 5.41 Å². The third kappa shape index (κ3) is 11.3. The zero-order chi connectivity index (χ0) is 47.8. The molecule has 0 saturated carbocycles. The quantitative estimate of drug-likeness (QED) is 0.0331. The van der Waals surface area contributed by atoms with Gasteiger partial charge in [0, 0.05) is 11.6 Å². The Balaban J connectivity index is 0.000000220. The Morgan fingerprint density at radius 1 is 0.582 bits per heavy atom. The lowest BCUT2D eigenvalue weighted by Crippen LogP contribution is -2.38. The summed E-state index contributed by atoms with van der Waals surface area (Å²) >= 11 is 4.95. The summed E-state index contributed by atoms with van der Waals surface area (Å²) in [6, 6.07) is 50.6. The van der Waals surface area contributed by atoms with Crippen LogP contribution in [0.2, 0.25) is 0 Å². The van der Waals surface area contributed by atoms with Crippen LogP contribution in [0.4, 0.5) is 11.4 Å². The molecule has 0 amide bonds. The van der Waals surface area contributed by atoms with Crippen molar-refractivity contribution >= 4 is 99.5 Å². The Morgan fingerprint density at radius 3 is 1.37 bits per heavy atom. The van der Waals surface area contributed by atoms with Gasteiger partial charge in [-0.3, -0.25) is 10.1 Å². The topological polar surface area (TPSA) is 206 Å². The molecule has 67 heavy (non-hydrogen) atoms. The van der Waals surface area contributed by atoms with Crippen molar-refractivity contribution in [3.05, 3.63) is 191 Å². The number of nitrogen functional groups attached to an aromatic ring is 1. The largest absolute Gasteiger partial charge is 0.383 e. The highest BCUT2D eigenvalue weighted by molar-refractivity contribution is 8.10. The molecule has 0 bridgehead atoms. The van der Waals surface area contributed by atoms with E-state index < -0.39 is 35.9 Å². The molecule has 6 N–H and O–H groups in total. The minimum Gasteiger partial charge on any atom is -0.383 e. The fraction of sp³-hybridized carbons (Fsp3) is 0.0417. The third-order valence-corrected chi connectivity index (χ3v) is 19.0. The number of nitrogens with one attached hydrogen (secondary N) is 2. The summed E-state index contributed by atoms with van der Waals surface area (Å²) in [6.07, 6.45) is 3.58. The molecule has 19 heteroatoms. The van der Waals surface area contributed by atoms with Crippen LogP contribution in [0.3, 0.4) is 0 Å². The van der Waals surface area contributed by atoms with Crippen molar-refractivity contribution in [1.29, 1.82) is 5.41 Å². The van der Waals surface area contributed by atoms with E-state index in [0.717, 1.165) is 49.6 Å². The van der Waals surface area contributed by atoms with Crippen LogP contribution >= 0.6 is 46.4 Å². The van der Waals surface area contributed by atoms with Crippen molar-refractivity contribution in [3.63, 3.8) is 0 Å². The van der Waals surface area contributed by atoms with Crippen LogP contribution in [0.5, 0.6) is 0 Å². The van der Waals surface area contributed by atoms with Gasteiger partial charge in [0.1, 0.15) is 11.7 Å². The molecule has 0 fully saturated rings. The maximum Gasteiger partial charge on any atom is 0.277 e. The second-order valence-corrected chi connectivity index (χ2v) is 23.3. The number of amidine groups is 2. The molecular weight excluding hydrogens is 981 g/mol. The molecule has 0 aliphatic carbocycles. The molecule has 0 aliphatic heterocycles. The first-order valence-corrected chi connectivity index (χ1v) is 28.4. The number of anilines is 2. The van der Waals surface area contributed by atoms with Crippen LogP contribution < -0.4 is 19.9 Å². The summed E-state index contributed by atoms with van der Waals surface area (Å²) in [5.74, 6) is -0.0558. The van der Waals surface area contributed by atoms with E-state index in [0.29, 0.717) is 19.4 Å². The van der Waals surface area contributed by atoms with Crippen LogP contribution in [-0.4, -0.2) is 49.4 Å². The van der Waals surface area contributed by atoms with Gasteiger partial charge >= 0.3 is 0 Å². The molecule has 0 unspecified atom stereocenters. The van der Waals surface area contributed by atoms with Gasteiger partial charge in [-0.2, -0.15) is 8.11 Å². The molecule has 8 aromatic rings. The zero-order valence-electron chi connectivity index (χ0n) is 35.7. The van der Waals surface area contributed by atoms with Crippen molar-refractivity contribution in [1.82, 2.24) is 0 Å². The summed E-state index contributed by atoms with van der Waals surface area (Å²) < 4.78 is 89.6. The molecule has 0 saturated heterocycles. The summed E-state index contributed by atoms with van der Waals surface area (Å²) in [6.45, 7) is 0. The van der Waals surface area contributed by atoms with Crippen molar-refractivity contribution in [2.45, 2.75) is 18.9 Å². The molecule has 342 valence electrons. The molecular formula is C48H42N6O6S7. The number of nitrogens with two attached hydrogens (primary N) is 2. The molecule has 0 radical (unpaired) electrons. The number of nitrogens with zero attached hydrogens (tertiary/aromatic N) is 2. The lowest BCUT2D eigenvalue weighted by Gasteiger charge is -2.24. The summed E-state index contributed by atoms with van der Waals surface area (Å²) in [7, 11) is -13.0. The normalized spacial score (nSPS) is 11.9. The van der Waals surface area contributed by atoms with E-state index in [9.17, 15) is 25.3 Å². The molecule has 0 aliphatic rings. The van der Waals surface area contributed by atoms with E-state index >= 15 is 0 Å².